The summed E-state index contributed by atoms with van der Waals surface area (Å²) in [5.74, 6) is 0.561. The van der Waals surface area contributed by atoms with E-state index in [1.54, 1.807) is 0 Å². The summed E-state index contributed by atoms with van der Waals surface area (Å²) in [6.07, 6.45) is 1.78. The van der Waals surface area contributed by atoms with Gasteiger partial charge < -0.3 is 10.2 Å². The van der Waals surface area contributed by atoms with Crippen LogP contribution in [0.25, 0.3) is 0 Å². The van der Waals surface area contributed by atoms with E-state index in [0.717, 1.165) is 19.5 Å². The molecule has 1 saturated heterocycles. The Morgan fingerprint density at radius 1 is 1.44 bits per heavy atom. The summed E-state index contributed by atoms with van der Waals surface area (Å²) >= 11 is 0. The fourth-order valence-corrected chi connectivity index (χ4v) is 2.68. The summed E-state index contributed by atoms with van der Waals surface area (Å²) in [5, 5.41) is 2.90. The van der Waals surface area contributed by atoms with Crippen LogP contribution in [0.5, 0.6) is 0 Å². The van der Waals surface area contributed by atoms with Crippen LogP contribution in [0.4, 0.5) is 5.69 Å². The van der Waals surface area contributed by atoms with Gasteiger partial charge >= 0.3 is 0 Å². The SMILES string of the molecule is CN1CCc2cc(C3CNC(=O)C3)ccc21. The van der Waals surface area contributed by atoms with Crippen LogP contribution in [0.3, 0.4) is 0 Å². The number of rotatable bonds is 1. The van der Waals surface area contributed by atoms with Crippen molar-refractivity contribution in [1.29, 1.82) is 0 Å². The highest BCUT2D eigenvalue weighted by molar-refractivity contribution is 5.79. The second-order valence-corrected chi connectivity index (χ2v) is 4.76. The number of hydrogen-bond acceptors (Lipinski definition) is 2. The topological polar surface area (TPSA) is 32.3 Å². The Morgan fingerprint density at radius 3 is 3.06 bits per heavy atom. The van der Waals surface area contributed by atoms with Gasteiger partial charge in [0.05, 0.1) is 0 Å². The summed E-state index contributed by atoms with van der Waals surface area (Å²) in [7, 11) is 2.13. The molecule has 2 aliphatic rings. The van der Waals surface area contributed by atoms with E-state index in [1.807, 2.05) is 0 Å². The minimum atomic E-state index is 0.183. The van der Waals surface area contributed by atoms with Gasteiger partial charge in [0, 0.05) is 38.2 Å². The number of fused-ring (bicyclic) bond motifs is 1. The minimum absolute atomic E-state index is 0.183. The molecule has 0 bridgehead atoms. The van der Waals surface area contributed by atoms with Gasteiger partial charge in [0.2, 0.25) is 5.91 Å². The van der Waals surface area contributed by atoms with Crippen molar-refractivity contribution in [2.45, 2.75) is 18.8 Å². The standard InChI is InChI=1S/C13H16N2O/c1-15-5-4-10-6-9(2-3-12(10)15)11-7-13(16)14-8-11/h2-3,6,11H,4-5,7-8H2,1H3,(H,14,16). The number of carbonyl (C=O) groups excluding carboxylic acids is 1. The molecule has 1 amide bonds. The van der Waals surface area contributed by atoms with Crippen molar-refractivity contribution in [3.05, 3.63) is 29.3 Å². The van der Waals surface area contributed by atoms with E-state index >= 15 is 0 Å². The van der Waals surface area contributed by atoms with Crippen LogP contribution in [0, 0.1) is 0 Å². The number of nitrogens with one attached hydrogen (secondary N) is 1. The molecule has 2 heterocycles. The molecule has 1 N–H and O–H groups in total. The van der Waals surface area contributed by atoms with Crippen LogP contribution in [0.2, 0.25) is 0 Å². The number of carbonyl (C=O) groups is 1. The van der Waals surface area contributed by atoms with E-state index in [0.29, 0.717) is 12.3 Å². The Hall–Kier alpha value is -1.51. The van der Waals surface area contributed by atoms with Gasteiger partial charge in [0.15, 0.2) is 0 Å². The molecular formula is C13H16N2O. The van der Waals surface area contributed by atoms with Gasteiger partial charge in [-0.1, -0.05) is 12.1 Å². The summed E-state index contributed by atoms with van der Waals surface area (Å²) in [5.41, 5.74) is 4.09. The van der Waals surface area contributed by atoms with Crippen LogP contribution < -0.4 is 10.2 Å². The van der Waals surface area contributed by atoms with E-state index in [-0.39, 0.29) is 5.91 Å². The highest BCUT2D eigenvalue weighted by atomic mass is 16.1. The first-order valence-corrected chi connectivity index (χ1v) is 5.85. The summed E-state index contributed by atoms with van der Waals surface area (Å²) in [6.45, 7) is 1.91. The lowest BCUT2D eigenvalue weighted by molar-refractivity contribution is -0.119. The van der Waals surface area contributed by atoms with Crippen LogP contribution in [0.15, 0.2) is 18.2 Å². The monoisotopic (exact) mass is 216 g/mol. The first kappa shape index (κ1) is 9.70. The molecule has 1 fully saturated rings. The molecule has 1 unspecified atom stereocenters. The summed E-state index contributed by atoms with van der Waals surface area (Å²) < 4.78 is 0. The maximum absolute atomic E-state index is 11.2. The van der Waals surface area contributed by atoms with Crippen LogP contribution >= 0.6 is 0 Å². The first-order chi connectivity index (χ1) is 7.74. The number of amides is 1. The molecule has 84 valence electrons. The Morgan fingerprint density at radius 2 is 2.31 bits per heavy atom. The predicted octanol–water partition coefficient (Wildman–Crippen LogP) is 1.28. The lowest BCUT2D eigenvalue weighted by atomic mass is 9.96. The van der Waals surface area contributed by atoms with Crippen molar-refractivity contribution in [1.82, 2.24) is 5.32 Å². The summed E-state index contributed by atoms with van der Waals surface area (Å²) in [6, 6.07) is 6.65. The molecule has 0 saturated carbocycles. The molecule has 3 rings (SSSR count). The van der Waals surface area contributed by atoms with Crippen molar-refractivity contribution in [2.75, 3.05) is 25.0 Å². The molecule has 1 aromatic carbocycles. The molecule has 1 atom stereocenters. The van der Waals surface area contributed by atoms with E-state index in [4.69, 9.17) is 0 Å². The van der Waals surface area contributed by atoms with Gasteiger partial charge in [-0.25, -0.2) is 0 Å². The molecule has 1 aromatic rings. The number of benzene rings is 1. The normalized spacial score (nSPS) is 23.4. The molecule has 0 spiro atoms. The van der Waals surface area contributed by atoms with Crippen molar-refractivity contribution < 1.29 is 4.79 Å². The molecule has 3 heteroatoms. The average Bonchev–Trinajstić information content (AvgIpc) is 2.86. The highest BCUT2D eigenvalue weighted by Gasteiger charge is 2.24. The lowest BCUT2D eigenvalue weighted by Crippen LogP contribution is -2.13. The maximum atomic E-state index is 11.2. The third kappa shape index (κ3) is 1.47. The Kier molecular flexibility index (Phi) is 2.13. The average molecular weight is 216 g/mol. The maximum Gasteiger partial charge on any atom is 0.220 e. The zero-order valence-electron chi connectivity index (χ0n) is 9.49. The second-order valence-electron chi connectivity index (χ2n) is 4.76. The van der Waals surface area contributed by atoms with Gasteiger partial charge in [0.1, 0.15) is 0 Å². The first-order valence-electron chi connectivity index (χ1n) is 5.85. The van der Waals surface area contributed by atoms with E-state index in [9.17, 15) is 4.79 Å². The quantitative estimate of drug-likeness (QED) is 0.767. The van der Waals surface area contributed by atoms with Gasteiger partial charge in [-0.05, 0) is 23.6 Å². The molecule has 0 radical (unpaired) electrons. The van der Waals surface area contributed by atoms with E-state index in [2.05, 4.69) is 35.5 Å². The highest BCUT2D eigenvalue weighted by Crippen LogP contribution is 2.31. The largest absolute Gasteiger partial charge is 0.374 e. The minimum Gasteiger partial charge on any atom is -0.374 e. The zero-order valence-corrected chi connectivity index (χ0v) is 9.49. The van der Waals surface area contributed by atoms with Gasteiger partial charge in [-0.2, -0.15) is 0 Å². The predicted molar refractivity (Wildman–Crippen MR) is 63.8 cm³/mol. The third-order valence-electron chi connectivity index (χ3n) is 3.68. The number of hydrogen-bond donors (Lipinski definition) is 1. The number of likely N-dealkylation sites (N-methyl/N-ethyl adjacent to an activating group) is 1. The van der Waals surface area contributed by atoms with Gasteiger partial charge in [-0.15, -0.1) is 0 Å². The van der Waals surface area contributed by atoms with Crippen molar-refractivity contribution in [2.24, 2.45) is 0 Å². The van der Waals surface area contributed by atoms with Crippen LogP contribution in [-0.4, -0.2) is 26.0 Å². The van der Waals surface area contributed by atoms with E-state index in [1.165, 1.54) is 16.8 Å². The van der Waals surface area contributed by atoms with Crippen molar-refractivity contribution in [3.8, 4) is 0 Å². The smallest absolute Gasteiger partial charge is 0.220 e. The summed E-state index contributed by atoms with van der Waals surface area (Å²) in [4.78, 5) is 13.5. The molecule has 3 nitrogen and oxygen atoms in total. The fraction of sp³-hybridized carbons (Fsp3) is 0.462. The Bertz CT molecular complexity index is 442. The molecule has 16 heavy (non-hydrogen) atoms. The van der Waals surface area contributed by atoms with Crippen molar-refractivity contribution in [3.63, 3.8) is 0 Å². The Balaban J connectivity index is 1.90. The van der Waals surface area contributed by atoms with E-state index < -0.39 is 0 Å². The fourth-order valence-electron chi connectivity index (χ4n) is 2.68. The molecule has 0 aromatic heterocycles. The van der Waals surface area contributed by atoms with Gasteiger partial charge in [0.25, 0.3) is 0 Å². The third-order valence-corrected chi connectivity index (χ3v) is 3.68. The van der Waals surface area contributed by atoms with Crippen molar-refractivity contribution >= 4 is 11.6 Å². The zero-order chi connectivity index (χ0) is 11.1. The second kappa shape index (κ2) is 3.51. The number of anilines is 1. The van der Waals surface area contributed by atoms with Crippen LogP contribution in [0.1, 0.15) is 23.5 Å². The Labute approximate surface area is 95.4 Å². The van der Waals surface area contributed by atoms with Crippen LogP contribution in [-0.2, 0) is 11.2 Å². The number of nitrogens with zero attached hydrogens (tertiary/aromatic N) is 1. The molecule has 2 aliphatic heterocycles. The molecule has 0 aliphatic carbocycles. The lowest BCUT2D eigenvalue weighted by Gasteiger charge is -2.13. The molecular weight excluding hydrogens is 200 g/mol. The van der Waals surface area contributed by atoms with Gasteiger partial charge in [-0.3, -0.25) is 4.79 Å².